The normalized spacial score (nSPS) is 14.2. The minimum Gasteiger partial charge on any atom is -0.467 e. The molecule has 1 saturated carbocycles. The van der Waals surface area contributed by atoms with Crippen molar-refractivity contribution in [2.75, 3.05) is 10.6 Å². The summed E-state index contributed by atoms with van der Waals surface area (Å²) in [4.78, 5) is 13.4. The van der Waals surface area contributed by atoms with Crippen molar-refractivity contribution in [2.45, 2.75) is 25.4 Å². The Morgan fingerprint density at radius 3 is 2.70 bits per heavy atom. The summed E-state index contributed by atoms with van der Waals surface area (Å²) in [6.07, 6.45) is 3.97. The highest BCUT2D eigenvalue weighted by Crippen LogP contribution is 2.36. The zero-order chi connectivity index (χ0) is 14.1. The van der Waals surface area contributed by atoms with Crippen molar-refractivity contribution >= 4 is 17.3 Å². The number of carbonyl (C=O) groups is 1. The van der Waals surface area contributed by atoms with Gasteiger partial charge in [0, 0.05) is 11.6 Å². The van der Waals surface area contributed by atoms with E-state index in [1.165, 1.54) is 0 Å². The molecule has 1 fully saturated rings. The van der Waals surface area contributed by atoms with Crippen LogP contribution in [0.25, 0.3) is 0 Å². The summed E-state index contributed by atoms with van der Waals surface area (Å²) in [6.45, 7) is 0.678. The van der Waals surface area contributed by atoms with Crippen molar-refractivity contribution in [1.82, 2.24) is 0 Å². The molecule has 1 aliphatic carbocycles. The molecule has 2 aromatic rings. The summed E-state index contributed by atoms with van der Waals surface area (Å²) in [5.74, 6) is 0.433. The number of nitrogens with two attached hydrogens (primary N) is 2. The maximum absolute atomic E-state index is 11.2. The first-order valence-corrected chi connectivity index (χ1v) is 6.63. The lowest BCUT2D eigenvalue weighted by molar-refractivity contribution is 0.100. The number of hydrogen-bond donors (Lipinski definition) is 2. The van der Waals surface area contributed by atoms with Gasteiger partial charge in [0.25, 0.3) is 0 Å². The summed E-state index contributed by atoms with van der Waals surface area (Å²) in [7, 11) is 0. The van der Waals surface area contributed by atoms with Gasteiger partial charge in [-0.3, -0.25) is 4.79 Å². The standard InChI is InChI=1S/C15H17N3O2/c16-13-8-10(15(17)19)3-6-14(13)18(11-4-5-11)9-12-2-1-7-20-12/h1-3,6-8,11H,4-5,9,16H2,(H2,17,19). The van der Waals surface area contributed by atoms with Gasteiger partial charge in [0.15, 0.2) is 0 Å². The van der Waals surface area contributed by atoms with Crippen LogP contribution in [0.5, 0.6) is 0 Å². The van der Waals surface area contributed by atoms with E-state index in [0.29, 0.717) is 23.8 Å². The van der Waals surface area contributed by atoms with E-state index in [-0.39, 0.29) is 0 Å². The van der Waals surface area contributed by atoms with Crippen LogP contribution in [-0.4, -0.2) is 11.9 Å². The lowest BCUT2D eigenvalue weighted by atomic mass is 10.1. The first-order valence-electron chi connectivity index (χ1n) is 6.63. The SMILES string of the molecule is NC(=O)c1ccc(N(Cc2ccco2)C2CC2)c(N)c1. The molecule has 0 saturated heterocycles. The minimum absolute atomic E-state index is 0.431. The first-order chi connectivity index (χ1) is 9.65. The van der Waals surface area contributed by atoms with E-state index in [4.69, 9.17) is 15.9 Å². The smallest absolute Gasteiger partial charge is 0.248 e. The van der Waals surface area contributed by atoms with Crippen LogP contribution in [0.1, 0.15) is 29.0 Å². The van der Waals surface area contributed by atoms with Gasteiger partial charge in [-0.1, -0.05) is 0 Å². The van der Waals surface area contributed by atoms with Gasteiger partial charge in [0.05, 0.1) is 24.2 Å². The molecule has 104 valence electrons. The van der Waals surface area contributed by atoms with Crippen molar-refractivity contribution < 1.29 is 9.21 Å². The van der Waals surface area contributed by atoms with Crippen LogP contribution in [-0.2, 0) is 6.54 Å². The third kappa shape index (κ3) is 2.47. The molecule has 20 heavy (non-hydrogen) atoms. The molecule has 1 aromatic heterocycles. The van der Waals surface area contributed by atoms with Crippen molar-refractivity contribution in [3.8, 4) is 0 Å². The Bertz CT molecular complexity index is 618. The highest BCUT2D eigenvalue weighted by Gasteiger charge is 2.31. The van der Waals surface area contributed by atoms with Gasteiger partial charge in [0.2, 0.25) is 5.91 Å². The van der Waals surface area contributed by atoms with E-state index in [1.807, 2.05) is 18.2 Å². The fraction of sp³-hybridized carbons (Fsp3) is 0.267. The van der Waals surface area contributed by atoms with E-state index in [2.05, 4.69) is 4.90 Å². The van der Waals surface area contributed by atoms with E-state index in [0.717, 1.165) is 24.3 Å². The number of nitrogens with zero attached hydrogens (tertiary/aromatic N) is 1. The number of rotatable bonds is 5. The van der Waals surface area contributed by atoms with Crippen molar-refractivity contribution in [2.24, 2.45) is 5.73 Å². The average Bonchev–Trinajstić information content (AvgIpc) is 3.14. The number of hydrogen-bond acceptors (Lipinski definition) is 4. The zero-order valence-corrected chi connectivity index (χ0v) is 11.1. The Kier molecular flexibility index (Phi) is 3.10. The number of nitrogen functional groups attached to an aromatic ring is 1. The number of benzene rings is 1. The summed E-state index contributed by atoms with van der Waals surface area (Å²) in [5.41, 5.74) is 13.3. The molecule has 3 rings (SSSR count). The molecular formula is C15H17N3O2. The van der Waals surface area contributed by atoms with E-state index in [9.17, 15) is 4.79 Å². The predicted molar refractivity (Wildman–Crippen MR) is 77.3 cm³/mol. The lowest BCUT2D eigenvalue weighted by Crippen LogP contribution is -2.26. The van der Waals surface area contributed by atoms with Crippen LogP contribution in [0.3, 0.4) is 0 Å². The fourth-order valence-corrected chi connectivity index (χ4v) is 2.34. The topological polar surface area (TPSA) is 85.5 Å². The second kappa shape index (κ2) is 4.92. The van der Waals surface area contributed by atoms with Crippen LogP contribution in [0.15, 0.2) is 41.0 Å². The Morgan fingerprint density at radius 1 is 1.35 bits per heavy atom. The molecule has 1 aromatic carbocycles. The molecule has 1 aliphatic rings. The van der Waals surface area contributed by atoms with Crippen LogP contribution >= 0.6 is 0 Å². The molecule has 0 bridgehead atoms. The molecule has 4 N–H and O–H groups in total. The predicted octanol–water partition coefficient (Wildman–Crippen LogP) is 2.13. The zero-order valence-electron chi connectivity index (χ0n) is 11.1. The number of anilines is 2. The quantitative estimate of drug-likeness (QED) is 0.816. The van der Waals surface area contributed by atoms with Crippen LogP contribution in [0.2, 0.25) is 0 Å². The van der Waals surface area contributed by atoms with Crippen molar-refractivity contribution in [3.05, 3.63) is 47.9 Å². The average molecular weight is 271 g/mol. The molecule has 5 heteroatoms. The van der Waals surface area contributed by atoms with E-state index in [1.54, 1.807) is 18.4 Å². The summed E-state index contributed by atoms with van der Waals surface area (Å²) in [5, 5.41) is 0. The monoisotopic (exact) mass is 271 g/mol. The second-order valence-electron chi connectivity index (χ2n) is 5.08. The van der Waals surface area contributed by atoms with Gasteiger partial charge in [-0.25, -0.2) is 0 Å². The number of carbonyl (C=O) groups excluding carboxylic acids is 1. The molecular weight excluding hydrogens is 254 g/mol. The van der Waals surface area contributed by atoms with E-state index >= 15 is 0 Å². The Balaban J connectivity index is 1.89. The Labute approximate surface area is 117 Å². The highest BCUT2D eigenvalue weighted by atomic mass is 16.3. The largest absolute Gasteiger partial charge is 0.467 e. The van der Waals surface area contributed by atoms with Gasteiger partial charge < -0.3 is 20.8 Å². The molecule has 0 unspecified atom stereocenters. The maximum Gasteiger partial charge on any atom is 0.248 e. The number of primary amides is 1. The highest BCUT2D eigenvalue weighted by molar-refractivity contribution is 5.95. The fourth-order valence-electron chi connectivity index (χ4n) is 2.34. The second-order valence-corrected chi connectivity index (χ2v) is 5.08. The van der Waals surface area contributed by atoms with Gasteiger partial charge in [-0.2, -0.15) is 0 Å². The Morgan fingerprint density at radius 2 is 2.15 bits per heavy atom. The van der Waals surface area contributed by atoms with Gasteiger partial charge in [-0.05, 0) is 43.2 Å². The van der Waals surface area contributed by atoms with Crippen LogP contribution < -0.4 is 16.4 Å². The first kappa shape index (κ1) is 12.6. The molecule has 1 heterocycles. The third-order valence-corrected chi connectivity index (χ3v) is 3.52. The molecule has 5 nitrogen and oxygen atoms in total. The number of amides is 1. The third-order valence-electron chi connectivity index (χ3n) is 3.52. The molecule has 0 aliphatic heterocycles. The summed E-state index contributed by atoms with van der Waals surface area (Å²) >= 11 is 0. The van der Waals surface area contributed by atoms with Crippen LogP contribution in [0.4, 0.5) is 11.4 Å². The Hall–Kier alpha value is -2.43. The lowest BCUT2D eigenvalue weighted by Gasteiger charge is -2.25. The molecule has 0 radical (unpaired) electrons. The summed E-state index contributed by atoms with van der Waals surface area (Å²) in [6, 6.07) is 9.52. The van der Waals surface area contributed by atoms with Crippen molar-refractivity contribution in [1.29, 1.82) is 0 Å². The van der Waals surface area contributed by atoms with Gasteiger partial charge in [-0.15, -0.1) is 0 Å². The van der Waals surface area contributed by atoms with Gasteiger partial charge in [0.1, 0.15) is 5.76 Å². The molecule has 1 amide bonds. The van der Waals surface area contributed by atoms with Gasteiger partial charge >= 0.3 is 0 Å². The van der Waals surface area contributed by atoms with E-state index < -0.39 is 5.91 Å². The minimum atomic E-state index is -0.466. The van der Waals surface area contributed by atoms with Crippen LogP contribution in [0, 0.1) is 0 Å². The molecule has 0 spiro atoms. The maximum atomic E-state index is 11.2. The van der Waals surface area contributed by atoms with Crippen molar-refractivity contribution in [3.63, 3.8) is 0 Å². The summed E-state index contributed by atoms with van der Waals surface area (Å²) < 4.78 is 5.41. The molecule has 0 atom stereocenters. The number of furan rings is 1.